The molecule has 0 aliphatic carbocycles. The van der Waals surface area contributed by atoms with Gasteiger partial charge in [0.1, 0.15) is 11.5 Å². The first-order chi connectivity index (χ1) is 13.4. The Hall–Kier alpha value is -2.87. The average molecular weight is 383 g/mol. The van der Waals surface area contributed by atoms with Gasteiger partial charge in [-0.05, 0) is 33.8 Å². The van der Waals surface area contributed by atoms with Crippen LogP contribution in [0.3, 0.4) is 0 Å². The maximum Gasteiger partial charge on any atom is 0.255 e. The molecule has 0 atom stereocenters. The highest BCUT2D eigenvalue weighted by Gasteiger charge is 2.26. The lowest BCUT2D eigenvalue weighted by atomic mass is 10.2. The molecule has 0 radical (unpaired) electrons. The lowest BCUT2D eigenvalue weighted by Crippen LogP contribution is -2.48. The van der Waals surface area contributed by atoms with E-state index in [9.17, 15) is 4.79 Å². The molecule has 0 spiro atoms. The highest BCUT2D eigenvalue weighted by molar-refractivity contribution is 5.96. The second kappa shape index (κ2) is 7.27. The van der Waals surface area contributed by atoms with Crippen molar-refractivity contribution in [3.05, 3.63) is 52.4 Å². The zero-order valence-corrected chi connectivity index (χ0v) is 16.7. The summed E-state index contributed by atoms with van der Waals surface area (Å²) in [5.41, 5.74) is 3.51. The third-order valence-corrected chi connectivity index (χ3v) is 5.23. The second-order valence-corrected chi connectivity index (χ2v) is 7.41. The van der Waals surface area contributed by atoms with Gasteiger partial charge >= 0.3 is 0 Å². The Kier molecular flexibility index (Phi) is 4.80. The van der Waals surface area contributed by atoms with Gasteiger partial charge in [-0.25, -0.2) is 0 Å². The summed E-state index contributed by atoms with van der Waals surface area (Å²) < 4.78 is 12.3. The molecule has 8 heteroatoms. The molecule has 1 aliphatic heterocycles. The first-order valence-corrected chi connectivity index (χ1v) is 9.49. The summed E-state index contributed by atoms with van der Waals surface area (Å²) in [6.07, 6.45) is 0. The van der Waals surface area contributed by atoms with E-state index >= 15 is 0 Å². The van der Waals surface area contributed by atoms with E-state index < -0.39 is 0 Å². The highest BCUT2D eigenvalue weighted by Crippen LogP contribution is 2.22. The Morgan fingerprint density at radius 1 is 0.964 bits per heavy atom. The van der Waals surface area contributed by atoms with Crippen LogP contribution >= 0.6 is 0 Å². The van der Waals surface area contributed by atoms with Crippen molar-refractivity contribution in [2.45, 2.75) is 34.2 Å². The molecule has 1 amide bonds. The summed E-state index contributed by atoms with van der Waals surface area (Å²) >= 11 is 0. The lowest BCUT2D eigenvalue weighted by Gasteiger charge is -2.34. The zero-order valence-electron chi connectivity index (χ0n) is 16.7. The molecule has 0 unspecified atom stereocenters. The van der Waals surface area contributed by atoms with Crippen LogP contribution in [-0.2, 0) is 6.54 Å². The van der Waals surface area contributed by atoms with E-state index in [0.717, 1.165) is 53.8 Å². The fourth-order valence-electron chi connectivity index (χ4n) is 3.79. The number of aryl methyl sites for hydroxylation is 3. The van der Waals surface area contributed by atoms with Crippen LogP contribution in [-0.4, -0.2) is 56.8 Å². The number of carbonyl (C=O) groups is 1. The van der Waals surface area contributed by atoms with Crippen LogP contribution in [0.1, 0.15) is 39.0 Å². The molecule has 3 aromatic heterocycles. The van der Waals surface area contributed by atoms with Crippen LogP contribution in [0.15, 0.2) is 27.2 Å². The van der Waals surface area contributed by atoms with Gasteiger partial charge in [-0.15, -0.1) is 0 Å². The molecule has 148 valence electrons. The molecule has 0 bridgehead atoms. The second-order valence-electron chi connectivity index (χ2n) is 7.41. The monoisotopic (exact) mass is 383 g/mol. The van der Waals surface area contributed by atoms with Crippen LogP contribution in [0.25, 0.3) is 5.82 Å². The van der Waals surface area contributed by atoms with E-state index in [1.54, 1.807) is 0 Å². The average Bonchev–Trinajstić information content (AvgIpc) is 3.35. The van der Waals surface area contributed by atoms with Crippen molar-refractivity contribution < 1.29 is 13.8 Å². The smallest absolute Gasteiger partial charge is 0.255 e. The third kappa shape index (κ3) is 3.47. The Morgan fingerprint density at radius 2 is 1.64 bits per heavy atom. The van der Waals surface area contributed by atoms with E-state index in [-0.39, 0.29) is 5.91 Å². The predicted octanol–water partition coefficient (Wildman–Crippen LogP) is 2.64. The first kappa shape index (κ1) is 18.5. The fraction of sp³-hybridized carbons (Fsp3) is 0.450. The molecular weight excluding hydrogens is 358 g/mol. The summed E-state index contributed by atoms with van der Waals surface area (Å²) in [5.74, 6) is 2.34. The molecule has 28 heavy (non-hydrogen) atoms. The van der Waals surface area contributed by atoms with E-state index in [1.165, 1.54) is 0 Å². The van der Waals surface area contributed by atoms with Crippen LogP contribution < -0.4 is 0 Å². The number of amides is 1. The number of aromatic nitrogens is 3. The van der Waals surface area contributed by atoms with Gasteiger partial charge in [0.05, 0.1) is 11.3 Å². The maximum absolute atomic E-state index is 13.1. The van der Waals surface area contributed by atoms with Crippen molar-refractivity contribution in [3.8, 4) is 5.82 Å². The molecule has 4 heterocycles. The van der Waals surface area contributed by atoms with Gasteiger partial charge < -0.3 is 13.9 Å². The van der Waals surface area contributed by atoms with Gasteiger partial charge in [0.25, 0.3) is 5.91 Å². The van der Waals surface area contributed by atoms with Crippen molar-refractivity contribution in [2.24, 2.45) is 0 Å². The van der Waals surface area contributed by atoms with Crippen molar-refractivity contribution in [1.29, 1.82) is 0 Å². The Bertz CT molecular complexity index is 992. The van der Waals surface area contributed by atoms with Crippen LogP contribution in [0.4, 0.5) is 0 Å². The lowest BCUT2D eigenvalue weighted by molar-refractivity contribution is 0.0625. The molecule has 3 aromatic rings. The normalized spacial score (nSPS) is 15.4. The SMILES string of the molecule is Cc1cc(CN2CCN(C(=O)c3cc(C)n(-c4cc(C)on4)c3C)CC2)no1. The molecule has 1 aliphatic rings. The minimum absolute atomic E-state index is 0.0662. The number of rotatable bonds is 4. The van der Waals surface area contributed by atoms with Crippen LogP contribution in [0.2, 0.25) is 0 Å². The highest BCUT2D eigenvalue weighted by atomic mass is 16.5. The number of piperazine rings is 1. The van der Waals surface area contributed by atoms with Gasteiger partial charge in [-0.3, -0.25) is 14.3 Å². The number of nitrogens with zero attached hydrogens (tertiary/aromatic N) is 5. The quantitative estimate of drug-likeness (QED) is 0.689. The minimum atomic E-state index is 0.0662. The fourth-order valence-corrected chi connectivity index (χ4v) is 3.79. The molecule has 0 N–H and O–H groups in total. The van der Waals surface area contributed by atoms with Crippen molar-refractivity contribution in [1.82, 2.24) is 24.7 Å². The number of carbonyl (C=O) groups excluding carboxylic acids is 1. The topological polar surface area (TPSA) is 80.5 Å². The standard InChI is InChI=1S/C20H25N5O3/c1-13-9-18(16(4)25(13)19-11-15(3)28-22-19)20(26)24-7-5-23(6-8-24)12-17-10-14(2)27-21-17/h9-11H,5-8,12H2,1-4H3. The van der Waals surface area contributed by atoms with Gasteiger partial charge in [0.15, 0.2) is 5.82 Å². The molecule has 1 saturated heterocycles. The van der Waals surface area contributed by atoms with Gasteiger partial charge in [-0.1, -0.05) is 10.3 Å². The Morgan fingerprint density at radius 3 is 2.25 bits per heavy atom. The Labute approximate surface area is 163 Å². The number of hydrogen-bond donors (Lipinski definition) is 0. The largest absolute Gasteiger partial charge is 0.361 e. The van der Waals surface area contributed by atoms with E-state index in [2.05, 4.69) is 15.2 Å². The summed E-state index contributed by atoms with van der Waals surface area (Å²) in [6, 6.07) is 5.77. The van der Waals surface area contributed by atoms with E-state index in [1.807, 2.05) is 55.4 Å². The molecular formula is C20H25N5O3. The molecule has 8 nitrogen and oxygen atoms in total. The third-order valence-electron chi connectivity index (χ3n) is 5.23. The van der Waals surface area contributed by atoms with Gasteiger partial charge in [0.2, 0.25) is 0 Å². The van der Waals surface area contributed by atoms with E-state index in [0.29, 0.717) is 18.9 Å². The summed E-state index contributed by atoms with van der Waals surface area (Å²) in [7, 11) is 0. The van der Waals surface area contributed by atoms with Crippen LogP contribution in [0.5, 0.6) is 0 Å². The Balaban J connectivity index is 1.44. The number of hydrogen-bond acceptors (Lipinski definition) is 6. The molecule has 4 rings (SSSR count). The summed E-state index contributed by atoms with van der Waals surface area (Å²) in [6.45, 7) is 11.5. The molecule has 0 saturated carbocycles. The predicted molar refractivity (Wildman–Crippen MR) is 102 cm³/mol. The summed E-state index contributed by atoms with van der Waals surface area (Å²) in [5, 5.41) is 8.14. The minimum Gasteiger partial charge on any atom is -0.361 e. The van der Waals surface area contributed by atoms with E-state index in [4.69, 9.17) is 9.05 Å². The molecule has 0 aromatic carbocycles. The zero-order chi connectivity index (χ0) is 19.8. The van der Waals surface area contributed by atoms with Crippen molar-refractivity contribution >= 4 is 5.91 Å². The van der Waals surface area contributed by atoms with Gasteiger partial charge in [0, 0.05) is 56.2 Å². The van der Waals surface area contributed by atoms with Crippen molar-refractivity contribution in [2.75, 3.05) is 26.2 Å². The first-order valence-electron chi connectivity index (χ1n) is 9.49. The van der Waals surface area contributed by atoms with Gasteiger partial charge in [-0.2, -0.15) is 0 Å². The maximum atomic E-state index is 13.1. The molecule has 1 fully saturated rings. The summed E-state index contributed by atoms with van der Waals surface area (Å²) in [4.78, 5) is 17.3. The van der Waals surface area contributed by atoms with Crippen molar-refractivity contribution in [3.63, 3.8) is 0 Å². The van der Waals surface area contributed by atoms with Crippen LogP contribution in [0, 0.1) is 27.7 Å².